The van der Waals surface area contributed by atoms with E-state index >= 15 is 0 Å². The Kier molecular flexibility index (Phi) is 5.01. The van der Waals surface area contributed by atoms with Crippen LogP contribution in [-0.2, 0) is 0 Å². The van der Waals surface area contributed by atoms with Crippen molar-refractivity contribution in [3.8, 4) is 0 Å². The molecule has 0 amide bonds. The zero-order valence-electron chi connectivity index (χ0n) is 11.2. The van der Waals surface area contributed by atoms with Gasteiger partial charge in [-0.3, -0.25) is 0 Å². The van der Waals surface area contributed by atoms with Crippen LogP contribution in [-0.4, -0.2) is 12.6 Å². The van der Waals surface area contributed by atoms with Gasteiger partial charge in [-0.05, 0) is 24.3 Å². The summed E-state index contributed by atoms with van der Waals surface area (Å²) >= 11 is 0. The predicted octanol–water partition coefficient (Wildman–Crippen LogP) is 3.73. The maximum atomic E-state index is 3.54. The van der Waals surface area contributed by atoms with Gasteiger partial charge in [0, 0.05) is 12.6 Å². The highest BCUT2D eigenvalue weighted by molar-refractivity contribution is 5.25. The number of hydrogen-bond acceptors (Lipinski definition) is 1. The summed E-state index contributed by atoms with van der Waals surface area (Å²) in [7, 11) is 0. The first-order valence-electron chi connectivity index (χ1n) is 6.30. The predicted molar refractivity (Wildman–Crippen MR) is 71.9 cm³/mol. The van der Waals surface area contributed by atoms with Gasteiger partial charge in [0.25, 0.3) is 0 Å². The summed E-state index contributed by atoms with van der Waals surface area (Å²) in [5.41, 5.74) is 2.79. The number of nitrogens with one attached hydrogen (secondary N) is 1. The van der Waals surface area contributed by atoms with Crippen molar-refractivity contribution in [2.75, 3.05) is 6.54 Å². The molecular weight excluding hydrogens is 194 g/mol. The normalized spacial score (nSPS) is 13.4. The van der Waals surface area contributed by atoms with Crippen molar-refractivity contribution in [1.29, 1.82) is 0 Å². The number of aryl methyl sites for hydroxylation is 1. The first-order chi connectivity index (χ1) is 7.50. The Balaban J connectivity index is 2.73. The topological polar surface area (TPSA) is 12.0 Å². The Labute approximate surface area is 100 Å². The van der Waals surface area contributed by atoms with E-state index in [1.54, 1.807) is 0 Å². The van der Waals surface area contributed by atoms with Gasteiger partial charge in [0.2, 0.25) is 0 Å². The van der Waals surface area contributed by atoms with Crippen LogP contribution in [0.15, 0.2) is 24.3 Å². The minimum Gasteiger partial charge on any atom is -0.314 e. The number of hydrogen-bond donors (Lipinski definition) is 1. The van der Waals surface area contributed by atoms with E-state index in [-0.39, 0.29) is 0 Å². The van der Waals surface area contributed by atoms with Gasteiger partial charge in [-0.25, -0.2) is 0 Å². The average Bonchev–Trinajstić information content (AvgIpc) is 2.20. The molecule has 1 unspecified atom stereocenters. The minimum absolute atomic E-state index is 0.562. The molecule has 0 bridgehead atoms. The Morgan fingerprint density at radius 1 is 1.00 bits per heavy atom. The van der Waals surface area contributed by atoms with Gasteiger partial charge in [-0.1, -0.05) is 57.5 Å². The molecule has 16 heavy (non-hydrogen) atoms. The monoisotopic (exact) mass is 219 g/mol. The first kappa shape index (κ1) is 13.2. The standard InChI is InChI=1S/C15H25N/c1-11(2)15(10-16-12(3)4)14-8-6-13(5)7-9-14/h6-9,11-12,15-16H,10H2,1-5H3. The molecule has 1 rings (SSSR count). The summed E-state index contributed by atoms with van der Waals surface area (Å²) in [6, 6.07) is 9.51. The Morgan fingerprint density at radius 3 is 2.00 bits per heavy atom. The fourth-order valence-corrected chi connectivity index (χ4v) is 1.91. The lowest BCUT2D eigenvalue weighted by Gasteiger charge is -2.23. The summed E-state index contributed by atoms with van der Waals surface area (Å²) in [6.45, 7) is 12.2. The molecule has 0 aromatic heterocycles. The Hall–Kier alpha value is -0.820. The highest BCUT2D eigenvalue weighted by Crippen LogP contribution is 2.24. The zero-order valence-corrected chi connectivity index (χ0v) is 11.2. The molecule has 0 aliphatic carbocycles. The van der Waals surface area contributed by atoms with Gasteiger partial charge in [0.05, 0.1) is 0 Å². The van der Waals surface area contributed by atoms with E-state index in [0.29, 0.717) is 17.9 Å². The second kappa shape index (κ2) is 6.05. The molecule has 0 spiro atoms. The van der Waals surface area contributed by atoms with Crippen LogP contribution in [0.5, 0.6) is 0 Å². The quantitative estimate of drug-likeness (QED) is 0.795. The van der Waals surface area contributed by atoms with Gasteiger partial charge in [0.15, 0.2) is 0 Å². The van der Waals surface area contributed by atoms with E-state index in [2.05, 4.69) is 64.2 Å². The van der Waals surface area contributed by atoms with E-state index in [1.165, 1.54) is 11.1 Å². The van der Waals surface area contributed by atoms with Crippen LogP contribution < -0.4 is 5.32 Å². The maximum absolute atomic E-state index is 3.54. The molecule has 1 heteroatoms. The lowest BCUT2D eigenvalue weighted by Crippen LogP contribution is -2.30. The van der Waals surface area contributed by atoms with Gasteiger partial charge >= 0.3 is 0 Å². The van der Waals surface area contributed by atoms with Crippen LogP contribution in [0.4, 0.5) is 0 Å². The van der Waals surface area contributed by atoms with Crippen LogP contribution >= 0.6 is 0 Å². The van der Waals surface area contributed by atoms with Crippen LogP contribution in [0, 0.1) is 12.8 Å². The third kappa shape index (κ3) is 3.97. The van der Waals surface area contributed by atoms with E-state index in [0.717, 1.165) is 6.54 Å². The van der Waals surface area contributed by atoms with Crippen molar-refractivity contribution < 1.29 is 0 Å². The molecule has 0 aliphatic rings. The molecule has 1 nitrogen and oxygen atoms in total. The number of rotatable bonds is 5. The summed E-state index contributed by atoms with van der Waals surface area (Å²) < 4.78 is 0. The minimum atomic E-state index is 0.562. The van der Waals surface area contributed by atoms with Crippen molar-refractivity contribution in [2.45, 2.75) is 46.6 Å². The smallest absolute Gasteiger partial charge is 0.00249 e. The molecule has 1 aromatic carbocycles. The molecule has 1 aromatic rings. The summed E-state index contributed by atoms with van der Waals surface area (Å²) in [5, 5.41) is 3.54. The lowest BCUT2D eigenvalue weighted by atomic mass is 9.88. The lowest BCUT2D eigenvalue weighted by molar-refractivity contribution is 0.441. The zero-order chi connectivity index (χ0) is 12.1. The largest absolute Gasteiger partial charge is 0.314 e. The van der Waals surface area contributed by atoms with E-state index < -0.39 is 0 Å². The van der Waals surface area contributed by atoms with E-state index in [9.17, 15) is 0 Å². The van der Waals surface area contributed by atoms with Gasteiger partial charge in [-0.15, -0.1) is 0 Å². The highest BCUT2D eigenvalue weighted by atomic mass is 14.9. The number of benzene rings is 1. The van der Waals surface area contributed by atoms with Crippen molar-refractivity contribution >= 4 is 0 Å². The molecule has 0 aliphatic heterocycles. The fraction of sp³-hybridized carbons (Fsp3) is 0.600. The van der Waals surface area contributed by atoms with Crippen LogP contribution in [0.2, 0.25) is 0 Å². The summed E-state index contributed by atoms with van der Waals surface area (Å²) in [5.74, 6) is 1.29. The van der Waals surface area contributed by atoms with Crippen molar-refractivity contribution in [3.05, 3.63) is 35.4 Å². The molecule has 0 radical (unpaired) electrons. The average molecular weight is 219 g/mol. The van der Waals surface area contributed by atoms with Crippen LogP contribution in [0.1, 0.15) is 44.7 Å². The third-order valence-corrected chi connectivity index (χ3v) is 3.06. The second-order valence-corrected chi connectivity index (χ2v) is 5.32. The van der Waals surface area contributed by atoms with E-state index in [4.69, 9.17) is 0 Å². The Bertz CT molecular complexity index is 298. The van der Waals surface area contributed by atoms with Crippen molar-refractivity contribution in [3.63, 3.8) is 0 Å². The van der Waals surface area contributed by atoms with E-state index in [1.807, 2.05) is 0 Å². The second-order valence-electron chi connectivity index (χ2n) is 5.32. The molecule has 0 saturated heterocycles. The molecule has 0 heterocycles. The molecule has 90 valence electrons. The van der Waals surface area contributed by atoms with Crippen LogP contribution in [0.25, 0.3) is 0 Å². The summed E-state index contributed by atoms with van der Waals surface area (Å²) in [6.07, 6.45) is 0. The molecule has 0 saturated carbocycles. The molecular formula is C15H25N. The molecule has 1 atom stereocenters. The first-order valence-corrected chi connectivity index (χ1v) is 6.30. The summed E-state index contributed by atoms with van der Waals surface area (Å²) in [4.78, 5) is 0. The van der Waals surface area contributed by atoms with Gasteiger partial charge < -0.3 is 5.32 Å². The highest BCUT2D eigenvalue weighted by Gasteiger charge is 2.15. The molecule has 0 fully saturated rings. The fourth-order valence-electron chi connectivity index (χ4n) is 1.91. The third-order valence-electron chi connectivity index (χ3n) is 3.06. The van der Waals surface area contributed by atoms with Crippen LogP contribution in [0.3, 0.4) is 0 Å². The maximum Gasteiger partial charge on any atom is 0.00249 e. The van der Waals surface area contributed by atoms with Gasteiger partial charge in [0.1, 0.15) is 0 Å². The van der Waals surface area contributed by atoms with Crippen molar-refractivity contribution in [1.82, 2.24) is 5.32 Å². The SMILES string of the molecule is Cc1ccc(C(CNC(C)C)C(C)C)cc1. The molecule has 1 N–H and O–H groups in total. The van der Waals surface area contributed by atoms with Gasteiger partial charge in [-0.2, -0.15) is 0 Å². The van der Waals surface area contributed by atoms with Crippen molar-refractivity contribution in [2.24, 2.45) is 5.92 Å². The Morgan fingerprint density at radius 2 is 1.56 bits per heavy atom.